The molecule has 0 unspecified atom stereocenters. The fourth-order valence-electron chi connectivity index (χ4n) is 2.98. The van der Waals surface area contributed by atoms with Gasteiger partial charge in [-0.25, -0.2) is 0 Å². The lowest BCUT2D eigenvalue weighted by Crippen LogP contribution is -2.48. The van der Waals surface area contributed by atoms with Crippen molar-refractivity contribution in [3.05, 3.63) is 29.8 Å². The molecule has 106 valence electrons. The lowest BCUT2D eigenvalue weighted by Gasteiger charge is -2.42. The van der Waals surface area contributed by atoms with E-state index in [0.717, 1.165) is 25.9 Å². The normalized spacial score (nSPS) is 18.9. The maximum atomic E-state index is 5.91. The Bertz CT molecular complexity index is 400. The second kappa shape index (κ2) is 5.93. The Balaban J connectivity index is 2.14. The largest absolute Gasteiger partial charge is 0.371 e. The van der Waals surface area contributed by atoms with Crippen LogP contribution in [0.25, 0.3) is 0 Å². The highest BCUT2D eigenvalue weighted by atomic mass is 15.1. The Hall–Kier alpha value is -1.06. The number of anilines is 1. The number of piperidine rings is 1. The zero-order valence-corrected chi connectivity index (χ0v) is 12.2. The summed E-state index contributed by atoms with van der Waals surface area (Å²) in [5, 5.41) is 0. The topological polar surface area (TPSA) is 55.3 Å². The standard InChI is InChI=1S/C16H27N3/c1-13(2)14-5-3-4-6-15(14)19-9-7-16(11-17,12-18)8-10-19/h3-6,13H,7-12,17-18H2,1-2H3. The van der Waals surface area contributed by atoms with E-state index < -0.39 is 0 Å². The first-order valence-electron chi connectivity index (χ1n) is 7.36. The Morgan fingerprint density at radius 2 is 1.68 bits per heavy atom. The molecule has 19 heavy (non-hydrogen) atoms. The minimum absolute atomic E-state index is 0.170. The number of para-hydroxylation sites is 1. The number of nitrogens with two attached hydrogens (primary N) is 2. The van der Waals surface area contributed by atoms with E-state index in [1.54, 1.807) is 0 Å². The summed E-state index contributed by atoms with van der Waals surface area (Å²) in [6.45, 7) is 8.07. The zero-order chi connectivity index (χ0) is 13.9. The first kappa shape index (κ1) is 14.4. The van der Waals surface area contributed by atoms with Crippen LogP contribution in [0.3, 0.4) is 0 Å². The van der Waals surface area contributed by atoms with Gasteiger partial charge >= 0.3 is 0 Å². The van der Waals surface area contributed by atoms with Crippen LogP contribution in [0.15, 0.2) is 24.3 Å². The predicted octanol–water partition coefficient (Wildman–Crippen LogP) is 2.31. The van der Waals surface area contributed by atoms with E-state index in [9.17, 15) is 0 Å². The Labute approximate surface area is 117 Å². The smallest absolute Gasteiger partial charge is 0.0401 e. The molecule has 0 saturated carbocycles. The van der Waals surface area contributed by atoms with Gasteiger partial charge in [0.2, 0.25) is 0 Å². The summed E-state index contributed by atoms with van der Waals surface area (Å²) in [5.74, 6) is 0.562. The fourth-order valence-corrected chi connectivity index (χ4v) is 2.98. The highest BCUT2D eigenvalue weighted by Crippen LogP contribution is 2.34. The van der Waals surface area contributed by atoms with Gasteiger partial charge in [0, 0.05) is 18.8 Å². The molecule has 0 amide bonds. The molecule has 1 aromatic carbocycles. The van der Waals surface area contributed by atoms with Gasteiger partial charge in [0.1, 0.15) is 0 Å². The molecule has 0 atom stereocenters. The summed E-state index contributed by atoms with van der Waals surface area (Å²) in [5.41, 5.74) is 14.8. The maximum absolute atomic E-state index is 5.91. The zero-order valence-electron chi connectivity index (χ0n) is 12.2. The van der Waals surface area contributed by atoms with E-state index in [1.807, 2.05) is 0 Å². The molecule has 3 heteroatoms. The Morgan fingerprint density at radius 3 is 2.21 bits per heavy atom. The average molecular weight is 261 g/mol. The summed E-state index contributed by atoms with van der Waals surface area (Å²) < 4.78 is 0. The number of hydrogen-bond donors (Lipinski definition) is 2. The van der Waals surface area contributed by atoms with Gasteiger partial charge in [-0.2, -0.15) is 0 Å². The third-order valence-electron chi connectivity index (χ3n) is 4.59. The van der Waals surface area contributed by atoms with Crippen LogP contribution < -0.4 is 16.4 Å². The Morgan fingerprint density at radius 1 is 1.11 bits per heavy atom. The lowest BCUT2D eigenvalue weighted by atomic mass is 9.78. The molecule has 4 N–H and O–H groups in total. The number of rotatable bonds is 4. The van der Waals surface area contributed by atoms with Gasteiger partial charge < -0.3 is 16.4 Å². The predicted molar refractivity (Wildman–Crippen MR) is 82.5 cm³/mol. The minimum atomic E-state index is 0.170. The van der Waals surface area contributed by atoms with Crippen LogP contribution in [0, 0.1) is 5.41 Å². The molecule has 1 aromatic rings. The molecule has 1 aliphatic rings. The van der Waals surface area contributed by atoms with Crippen LogP contribution in [0.5, 0.6) is 0 Å². The Kier molecular flexibility index (Phi) is 4.48. The van der Waals surface area contributed by atoms with Crippen molar-refractivity contribution in [3.8, 4) is 0 Å². The second-order valence-corrected chi connectivity index (χ2v) is 6.11. The lowest BCUT2D eigenvalue weighted by molar-refractivity contribution is 0.238. The molecule has 1 saturated heterocycles. The summed E-state index contributed by atoms with van der Waals surface area (Å²) in [4.78, 5) is 2.50. The van der Waals surface area contributed by atoms with Crippen molar-refractivity contribution < 1.29 is 0 Å². The summed E-state index contributed by atoms with van der Waals surface area (Å²) >= 11 is 0. The van der Waals surface area contributed by atoms with Crippen LogP contribution in [-0.2, 0) is 0 Å². The highest BCUT2D eigenvalue weighted by molar-refractivity contribution is 5.55. The van der Waals surface area contributed by atoms with Crippen molar-refractivity contribution >= 4 is 5.69 Å². The van der Waals surface area contributed by atoms with E-state index in [2.05, 4.69) is 43.0 Å². The van der Waals surface area contributed by atoms with Crippen molar-refractivity contribution in [2.24, 2.45) is 16.9 Å². The van der Waals surface area contributed by atoms with E-state index in [1.165, 1.54) is 11.3 Å². The van der Waals surface area contributed by atoms with Crippen molar-refractivity contribution in [3.63, 3.8) is 0 Å². The molecule has 3 nitrogen and oxygen atoms in total. The fraction of sp³-hybridized carbons (Fsp3) is 0.625. The van der Waals surface area contributed by atoms with Crippen molar-refractivity contribution in [2.75, 3.05) is 31.1 Å². The van der Waals surface area contributed by atoms with Gasteiger partial charge in [-0.1, -0.05) is 32.0 Å². The first-order valence-corrected chi connectivity index (χ1v) is 7.36. The van der Waals surface area contributed by atoms with Gasteiger partial charge in [-0.3, -0.25) is 0 Å². The van der Waals surface area contributed by atoms with E-state index >= 15 is 0 Å². The SMILES string of the molecule is CC(C)c1ccccc1N1CCC(CN)(CN)CC1. The quantitative estimate of drug-likeness (QED) is 0.874. The van der Waals surface area contributed by atoms with Crippen molar-refractivity contribution in [1.29, 1.82) is 0 Å². The van der Waals surface area contributed by atoms with E-state index in [-0.39, 0.29) is 5.41 Å². The summed E-state index contributed by atoms with van der Waals surface area (Å²) in [6.07, 6.45) is 2.21. The van der Waals surface area contributed by atoms with Gasteiger partial charge in [-0.05, 0) is 48.9 Å². The molecule has 0 bridgehead atoms. The molecule has 1 heterocycles. The maximum Gasteiger partial charge on any atom is 0.0401 e. The van der Waals surface area contributed by atoms with Gasteiger partial charge in [0.05, 0.1) is 0 Å². The van der Waals surface area contributed by atoms with Gasteiger partial charge in [0.25, 0.3) is 0 Å². The molecular formula is C16H27N3. The molecule has 0 radical (unpaired) electrons. The third kappa shape index (κ3) is 2.93. The third-order valence-corrected chi connectivity index (χ3v) is 4.59. The highest BCUT2D eigenvalue weighted by Gasteiger charge is 2.32. The number of hydrogen-bond acceptors (Lipinski definition) is 3. The van der Waals surface area contributed by atoms with Gasteiger partial charge in [-0.15, -0.1) is 0 Å². The van der Waals surface area contributed by atoms with Crippen LogP contribution in [0.2, 0.25) is 0 Å². The second-order valence-electron chi connectivity index (χ2n) is 6.11. The van der Waals surface area contributed by atoms with Crippen LogP contribution >= 0.6 is 0 Å². The average Bonchev–Trinajstić information content (AvgIpc) is 2.47. The molecule has 1 fully saturated rings. The van der Waals surface area contributed by atoms with E-state index in [0.29, 0.717) is 19.0 Å². The van der Waals surface area contributed by atoms with E-state index in [4.69, 9.17) is 11.5 Å². The minimum Gasteiger partial charge on any atom is -0.371 e. The monoisotopic (exact) mass is 261 g/mol. The van der Waals surface area contributed by atoms with Crippen molar-refractivity contribution in [2.45, 2.75) is 32.6 Å². The summed E-state index contributed by atoms with van der Waals surface area (Å²) in [7, 11) is 0. The molecule has 0 aromatic heterocycles. The molecule has 0 spiro atoms. The van der Waals surface area contributed by atoms with Crippen LogP contribution in [0.4, 0.5) is 5.69 Å². The number of benzene rings is 1. The number of nitrogens with zero attached hydrogens (tertiary/aromatic N) is 1. The van der Waals surface area contributed by atoms with Crippen LogP contribution in [0.1, 0.15) is 38.2 Å². The van der Waals surface area contributed by atoms with Crippen LogP contribution in [-0.4, -0.2) is 26.2 Å². The van der Waals surface area contributed by atoms with Crippen molar-refractivity contribution in [1.82, 2.24) is 0 Å². The molecule has 2 rings (SSSR count). The first-order chi connectivity index (χ1) is 9.12. The summed E-state index contributed by atoms with van der Waals surface area (Å²) in [6, 6.07) is 8.75. The molecule has 0 aliphatic carbocycles. The van der Waals surface area contributed by atoms with Gasteiger partial charge in [0.15, 0.2) is 0 Å². The molecular weight excluding hydrogens is 234 g/mol. The molecule has 1 aliphatic heterocycles.